The van der Waals surface area contributed by atoms with E-state index in [1.54, 1.807) is 36.6 Å². The Morgan fingerprint density at radius 3 is 2.62 bits per heavy atom. The fourth-order valence-corrected chi connectivity index (χ4v) is 1.95. The van der Waals surface area contributed by atoms with Crippen molar-refractivity contribution in [3.8, 4) is 6.07 Å². The molecule has 0 fully saturated rings. The van der Waals surface area contributed by atoms with Crippen LogP contribution in [0.4, 0.5) is 11.5 Å². The second-order valence-corrected chi connectivity index (χ2v) is 4.86. The molecule has 1 amide bonds. The second-order valence-electron chi connectivity index (χ2n) is 4.86. The molecule has 0 aliphatic heterocycles. The van der Waals surface area contributed by atoms with Gasteiger partial charge in [-0.2, -0.15) is 5.26 Å². The molecule has 7 heteroatoms. The summed E-state index contributed by atoms with van der Waals surface area (Å²) in [5.41, 5.74) is 1.31. The number of nitrogens with zero attached hydrogens (tertiary/aromatic N) is 3. The van der Waals surface area contributed by atoms with Crippen molar-refractivity contribution < 1.29 is 9.21 Å². The molecule has 0 saturated carbocycles. The molecule has 2 aromatic heterocycles. The number of nitrogens with one attached hydrogen (secondary N) is 2. The van der Waals surface area contributed by atoms with Gasteiger partial charge in [-0.05, 0) is 36.4 Å². The lowest BCUT2D eigenvalue weighted by molar-refractivity contribution is 0.102. The van der Waals surface area contributed by atoms with E-state index in [2.05, 4.69) is 20.6 Å². The topological polar surface area (TPSA) is 104 Å². The minimum absolute atomic E-state index is 0.197. The molecule has 0 aliphatic carbocycles. The normalized spacial score (nSPS) is 9.96. The molecule has 0 spiro atoms. The molecular formula is C17H13N5O2. The maximum Gasteiger partial charge on any atom is 0.275 e. The van der Waals surface area contributed by atoms with Crippen LogP contribution in [-0.2, 0) is 6.54 Å². The molecule has 0 atom stereocenters. The number of carbonyl (C=O) groups is 1. The van der Waals surface area contributed by atoms with Crippen molar-refractivity contribution in [2.75, 3.05) is 10.6 Å². The van der Waals surface area contributed by atoms with Crippen molar-refractivity contribution in [2.24, 2.45) is 0 Å². The van der Waals surface area contributed by atoms with Crippen molar-refractivity contribution in [3.63, 3.8) is 0 Å². The Bertz CT molecular complexity index is 850. The van der Waals surface area contributed by atoms with Gasteiger partial charge in [-0.15, -0.1) is 0 Å². The molecule has 0 radical (unpaired) electrons. The highest BCUT2D eigenvalue weighted by Crippen LogP contribution is 2.11. The van der Waals surface area contributed by atoms with Gasteiger partial charge in [-0.25, -0.2) is 9.97 Å². The lowest BCUT2D eigenvalue weighted by atomic mass is 10.2. The Labute approximate surface area is 138 Å². The number of rotatable bonds is 5. The van der Waals surface area contributed by atoms with Gasteiger partial charge in [0.1, 0.15) is 17.3 Å². The predicted octanol–water partition coefficient (Wildman–Crippen LogP) is 2.81. The molecule has 0 bridgehead atoms. The van der Waals surface area contributed by atoms with Crippen LogP contribution in [0.15, 0.2) is 59.5 Å². The summed E-state index contributed by atoms with van der Waals surface area (Å²) in [5.74, 6) is 0.950. The molecule has 0 unspecified atom stereocenters. The predicted molar refractivity (Wildman–Crippen MR) is 87.2 cm³/mol. The van der Waals surface area contributed by atoms with Gasteiger partial charge in [0.2, 0.25) is 0 Å². The second kappa shape index (κ2) is 7.07. The summed E-state index contributed by atoms with van der Waals surface area (Å²) >= 11 is 0. The van der Waals surface area contributed by atoms with Crippen LogP contribution < -0.4 is 10.6 Å². The van der Waals surface area contributed by atoms with E-state index in [-0.39, 0.29) is 11.6 Å². The van der Waals surface area contributed by atoms with Crippen molar-refractivity contribution >= 4 is 17.4 Å². The summed E-state index contributed by atoms with van der Waals surface area (Å²) in [4.78, 5) is 20.3. The van der Waals surface area contributed by atoms with Gasteiger partial charge < -0.3 is 15.1 Å². The number of carbonyl (C=O) groups excluding carboxylic acids is 1. The van der Waals surface area contributed by atoms with E-state index in [1.165, 1.54) is 12.4 Å². The molecular weight excluding hydrogens is 306 g/mol. The highest BCUT2D eigenvalue weighted by Gasteiger charge is 2.08. The number of aromatic nitrogens is 2. The smallest absolute Gasteiger partial charge is 0.275 e. The Hall–Kier alpha value is -3.66. The molecule has 1 aromatic carbocycles. The number of anilines is 2. The summed E-state index contributed by atoms with van der Waals surface area (Å²) < 4.78 is 5.21. The molecule has 3 aromatic rings. The molecule has 2 N–H and O–H groups in total. The summed E-state index contributed by atoms with van der Waals surface area (Å²) in [6.45, 7) is 0.485. The zero-order chi connectivity index (χ0) is 16.8. The summed E-state index contributed by atoms with van der Waals surface area (Å²) in [6.07, 6.45) is 4.47. The average Bonchev–Trinajstić information content (AvgIpc) is 3.14. The Balaban J connectivity index is 1.59. The summed E-state index contributed by atoms with van der Waals surface area (Å²) in [6, 6.07) is 12.2. The first-order chi connectivity index (χ1) is 11.7. The first kappa shape index (κ1) is 15.2. The zero-order valence-electron chi connectivity index (χ0n) is 12.6. The fourth-order valence-electron chi connectivity index (χ4n) is 1.95. The lowest BCUT2D eigenvalue weighted by Crippen LogP contribution is -2.14. The van der Waals surface area contributed by atoms with Crippen molar-refractivity contribution in [1.82, 2.24) is 9.97 Å². The van der Waals surface area contributed by atoms with Crippen LogP contribution in [0.25, 0.3) is 0 Å². The van der Waals surface area contributed by atoms with E-state index in [0.29, 0.717) is 23.6 Å². The number of nitriles is 1. The molecule has 118 valence electrons. The van der Waals surface area contributed by atoms with Gasteiger partial charge in [-0.3, -0.25) is 4.79 Å². The van der Waals surface area contributed by atoms with Crippen molar-refractivity contribution in [2.45, 2.75) is 6.54 Å². The van der Waals surface area contributed by atoms with E-state index in [9.17, 15) is 4.79 Å². The van der Waals surface area contributed by atoms with Gasteiger partial charge in [-0.1, -0.05) is 0 Å². The van der Waals surface area contributed by atoms with E-state index < -0.39 is 0 Å². The Kier molecular flexibility index (Phi) is 4.49. The summed E-state index contributed by atoms with van der Waals surface area (Å²) in [5, 5.41) is 14.5. The number of hydrogen-bond acceptors (Lipinski definition) is 6. The van der Waals surface area contributed by atoms with E-state index >= 15 is 0 Å². The van der Waals surface area contributed by atoms with Crippen LogP contribution in [-0.4, -0.2) is 15.9 Å². The minimum atomic E-state index is -0.371. The number of amides is 1. The first-order valence-corrected chi connectivity index (χ1v) is 7.14. The number of hydrogen-bond donors (Lipinski definition) is 2. The standard InChI is InChI=1S/C17H13N5O2/c18-8-12-3-5-13(6-4-12)22-17(23)15-10-21-16(11-19-15)20-9-14-2-1-7-24-14/h1-7,10-11H,9H2,(H,20,21)(H,22,23). The SMILES string of the molecule is N#Cc1ccc(NC(=O)c2cnc(NCc3ccco3)cn2)cc1. The molecule has 0 aliphatic rings. The van der Waals surface area contributed by atoms with Crippen LogP contribution in [0.5, 0.6) is 0 Å². The number of furan rings is 1. The van der Waals surface area contributed by atoms with Gasteiger partial charge in [0, 0.05) is 5.69 Å². The quantitative estimate of drug-likeness (QED) is 0.749. The van der Waals surface area contributed by atoms with Crippen molar-refractivity contribution in [3.05, 3.63) is 72.1 Å². The maximum atomic E-state index is 12.1. The highest BCUT2D eigenvalue weighted by atomic mass is 16.3. The Morgan fingerprint density at radius 1 is 1.17 bits per heavy atom. The van der Waals surface area contributed by atoms with Gasteiger partial charge in [0.25, 0.3) is 5.91 Å². The number of benzene rings is 1. The van der Waals surface area contributed by atoms with E-state index in [4.69, 9.17) is 9.68 Å². The fraction of sp³-hybridized carbons (Fsp3) is 0.0588. The van der Waals surface area contributed by atoms with Gasteiger partial charge in [0.05, 0.1) is 36.8 Å². The lowest BCUT2D eigenvalue weighted by Gasteiger charge is -2.06. The first-order valence-electron chi connectivity index (χ1n) is 7.14. The van der Waals surface area contributed by atoms with Crippen LogP contribution in [0.2, 0.25) is 0 Å². The maximum absolute atomic E-state index is 12.1. The monoisotopic (exact) mass is 319 g/mol. The highest BCUT2D eigenvalue weighted by molar-refractivity contribution is 6.02. The van der Waals surface area contributed by atoms with Gasteiger partial charge in [0.15, 0.2) is 0 Å². The third-order valence-electron chi connectivity index (χ3n) is 3.18. The molecule has 0 saturated heterocycles. The third kappa shape index (κ3) is 3.75. The van der Waals surface area contributed by atoms with Crippen molar-refractivity contribution in [1.29, 1.82) is 5.26 Å². The molecule has 7 nitrogen and oxygen atoms in total. The van der Waals surface area contributed by atoms with Crippen LogP contribution in [0.3, 0.4) is 0 Å². The molecule has 2 heterocycles. The Morgan fingerprint density at radius 2 is 2.00 bits per heavy atom. The van der Waals surface area contributed by atoms with Crippen LogP contribution in [0, 0.1) is 11.3 Å². The molecule has 24 heavy (non-hydrogen) atoms. The third-order valence-corrected chi connectivity index (χ3v) is 3.18. The van der Waals surface area contributed by atoms with E-state index in [0.717, 1.165) is 5.76 Å². The van der Waals surface area contributed by atoms with Gasteiger partial charge >= 0.3 is 0 Å². The average molecular weight is 319 g/mol. The molecule has 3 rings (SSSR count). The van der Waals surface area contributed by atoms with Crippen LogP contribution >= 0.6 is 0 Å². The zero-order valence-corrected chi connectivity index (χ0v) is 12.6. The summed E-state index contributed by atoms with van der Waals surface area (Å²) in [7, 11) is 0. The minimum Gasteiger partial charge on any atom is -0.467 e. The van der Waals surface area contributed by atoms with E-state index in [1.807, 2.05) is 12.1 Å². The largest absolute Gasteiger partial charge is 0.467 e. The van der Waals surface area contributed by atoms with Crippen LogP contribution in [0.1, 0.15) is 21.8 Å².